The highest BCUT2D eigenvalue weighted by molar-refractivity contribution is 4.85. The van der Waals surface area contributed by atoms with E-state index in [0.29, 0.717) is 0 Å². The molecule has 0 unspecified atom stereocenters. The minimum absolute atomic E-state index is 0.744. The zero-order valence-electron chi connectivity index (χ0n) is 10.2. The largest absolute Gasteiger partial charge is 0.378 e. The summed E-state index contributed by atoms with van der Waals surface area (Å²) in [5.41, 5.74) is 0. The van der Waals surface area contributed by atoms with Crippen LogP contribution in [-0.4, -0.2) is 61.3 Å². The van der Waals surface area contributed by atoms with Gasteiger partial charge in [-0.1, -0.05) is 19.3 Å². The summed E-state index contributed by atoms with van der Waals surface area (Å²) in [7, 11) is 0. The first-order chi connectivity index (χ1) is 7.93. The molecular formula is C13H24N2O. The Kier molecular flexibility index (Phi) is 3.46. The number of ether oxygens (including phenoxy) is 1. The molecule has 1 aliphatic carbocycles. The molecule has 0 atom stereocenters. The fourth-order valence-electron chi connectivity index (χ4n) is 3.35. The minimum Gasteiger partial charge on any atom is -0.378 e. The third kappa shape index (κ3) is 2.27. The van der Waals surface area contributed by atoms with Crippen molar-refractivity contribution in [3.63, 3.8) is 0 Å². The summed E-state index contributed by atoms with van der Waals surface area (Å²) >= 11 is 0. The average molecular weight is 224 g/mol. The maximum absolute atomic E-state index is 5.28. The number of nitrogens with zero attached hydrogens (tertiary/aromatic N) is 2. The maximum Gasteiger partial charge on any atom is 0.0645 e. The van der Waals surface area contributed by atoms with Crippen molar-refractivity contribution >= 4 is 0 Å². The third-order valence-electron chi connectivity index (χ3n) is 4.58. The molecule has 2 aliphatic heterocycles. The highest BCUT2D eigenvalue weighted by Gasteiger charge is 2.31. The SMILES string of the molecule is C1CCC(N2CCN(C3COC3)CC2)CC1. The van der Waals surface area contributed by atoms with Crippen LogP contribution >= 0.6 is 0 Å². The zero-order valence-corrected chi connectivity index (χ0v) is 10.2. The number of rotatable bonds is 2. The Morgan fingerprint density at radius 3 is 1.75 bits per heavy atom. The lowest BCUT2D eigenvalue weighted by atomic mass is 9.93. The standard InChI is InChI=1S/C13H24N2O/c1-2-4-12(5-3-1)14-6-8-15(9-7-14)13-10-16-11-13/h12-13H,1-11H2. The average Bonchev–Trinajstić information content (AvgIpc) is 2.29. The predicted octanol–water partition coefficient (Wildman–Crippen LogP) is 1.34. The molecule has 1 saturated carbocycles. The molecule has 3 nitrogen and oxygen atoms in total. The van der Waals surface area contributed by atoms with E-state index in [1.807, 2.05) is 0 Å². The van der Waals surface area contributed by atoms with Gasteiger partial charge in [-0.3, -0.25) is 9.80 Å². The summed E-state index contributed by atoms with van der Waals surface area (Å²) in [4.78, 5) is 5.37. The zero-order chi connectivity index (χ0) is 10.8. The number of hydrogen-bond acceptors (Lipinski definition) is 3. The second kappa shape index (κ2) is 5.03. The van der Waals surface area contributed by atoms with Gasteiger partial charge in [-0.25, -0.2) is 0 Å². The van der Waals surface area contributed by atoms with E-state index in [9.17, 15) is 0 Å². The van der Waals surface area contributed by atoms with Gasteiger partial charge in [0, 0.05) is 32.2 Å². The van der Waals surface area contributed by atoms with E-state index in [2.05, 4.69) is 9.80 Å². The molecule has 16 heavy (non-hydrogen) atoms. The van der Waals surface area contributed by atoms with Crippen molar-refractivity contribution in [3.05, 3.63) is 0 Å². The van der Waals surface area contributed by atoms with Gasteiger partial charge in [0.25, 0.3) is 0 Å². The maximum atomic E-state index is 5.28. The molecule has 0 N–H and O–H groups in total. The van der Waals surface area contributed by atoms with E-state index in [-0.39, 0.29) is 0 Å². The van der Waals surface area contributed by atoms with Crippen molar-refractivity contribution in [1.82, 2.24) is 9.80 Å². The fourth-order valence-corrected chi connectivity index (χ4v) is 3.35. The van der Waals surface area contributed by atoms with Gasteiger partial charge in [-0.15, -0.1) is 0 Å². The van der Waals surface area contributed by atoms with Crippen LogP contribution in [0.2, 0.25) is 0 Å². The van der Waals surface area contributed by atoms with E-state index in [4.69, 9.17) is 4.74 Å². The Morgan fingerprint density at radius 2 is 1.25 bits per heavy atom. The lowest BCUT2D eigenvalue weighted by Crippen LogP contribution is -2.58. The lowest BCUT2D eigenvalue weighted by molar-refractivity contribution is -0.0806. The van der Waals surface area contributed by atoms with Gasteiger partial charge in [-0.2, -0.15) is 0 Å². The third-order valence-corrected chi connectivity index (χ3v) is 4.58. The highest BCUT2D eigenvalue weighted by Crippen LogP contribution is 2.24. The van der Waals surface area contributed by atoms with Crippen molar-refractivity contribution in [2.45, 2.75) is 44.2 Å². The second-order valence-corrected chi connectivity index (χ2v) is 5.56. The van der Waals surface area contributed by atoms with Crippen LogP contribution in [0.25, 0.3) is 0 Å². The first kappa shape index (κ1) is 11.0. The van der Waals surface area contributed by atoms with Crippen LogP contribution < -0.4 is 0 Å². The van der Waals surface area contributed by atoms with Gasteiger partial charge in [-0.05, 0) is 12.8 Å². The van der Waals surface area contributed by atoms with Crippen LogP contribution in [0.15, 0.2) is 0 Å². The monoisotopic (exact) mass is 224 g/mol. The van der Waals surface area contributed by atoms with Crippen LogP contribution in [0.5, 0.6) is 0 Å². The van der Waals surface area contributed by atoms with Gasteiger partial charge in [0.15, 0.2) is 0 Å². The smallest absolute Gasteiger partial charge is 0.0645 e. The van der Waals surface area contributed by atoms with Gasteiger partial charge in [0.1, 0.15) is 0 Å². The van der Waals surface area contributed by atoms with Gasteiger partial charge >= 0.3 is 0 Å². The van der Waals surface area contributed by atoms with E-state index in [0.717, 1.165) is 25.3 Å². The first-order valence-electron chi connectivity index (χ1n) is 6.99. The van der Waals surface area contributed by atoms with Crippen molar-refractivity contribution in [2.24, 2.45) is 0 Å². The first-order valence-corrected chi connectivity index (χ1v) is 6.99. The minimum atomic E-state index is 0.744. The van der Waals surface area contributed by atoms with Gasteiger partial charge < -0.3 is 4.74 Å². The predicted molar refractivity (Wildman–Crippen MR) is 64.6 cm³/mol. The van der Waals surface area contributed by atoms with Crippen molar-refractivity contribution in [2.75, 3.05) is 39.4 Å². The molecule has 0 bridgehead atoms. The van der Waals surface area contributed by atoms with Crippen molar-refractivity contribution < 1.29 is 4.74 Å². The van der Waals surface area contributed by atoms with E-state index in [1.54, 1.807) is 0 Å². The Balaban J connectivity index is 1.45. The molecule has 0 aromatic rings. The topological polar surface area (TPSA) is 15.7 Å². The summed E-state index contributed by atoms with van der Waals surface area (Å²) in [6.07, 6.45) is 7.29. The number of hydrogen-bond donors (Lipinski definition) is 0. The van der Waals surface area contributed by atoms with Crippen LogP contribution in [0.4, 0.5) is 0 Å². The molecular weight excluding hydrogens is 200 g/mol. The van der Waals surface area contributed by atoms with Crippen LogP contribution in [0, 0.1) is 0 Å². The summed E-state index contributed by atoms with van der Waals surface area (Å²) in [5, 5.41) is 0. The molecule has 3 rings (SSSR count). The normalized spacial score (nSPS) is 31.5. The number of piperazine rings is 1. The van der Waals surface area contributed by atoms with Crippen LogP contribution in [0.1, 0.15) is 32.1 Å². The Hall–Kier alpha value is -0.120. The van der Waals surface area contributed by atoms with Gasteiger partial charge in [0.05, 0.1) is 19.3 Å². The molecule has 3 fully saturated rings. The summed E-state index contributed by atoms with van der Waals surface area (Å²) in [6.45, 7) is 7.07. The molecule has 0 spiro atoms. The Bertz CT molecular complexity index is 216. The quantitative estimate of drug-likeness (QED) is 0.704. The second-order valence-electron chi connectivity index (χ2n) is 5.56. The van der Waals surface area contributed by atoms with Crippen LogP contribution in [0.3, 0.4) is 0 Å². The van der Waals surface area contributed by atoms with E-state index >= 15 is 0 Å². The summed E-state index contributed by atoms with van der Waals surface area (Å²) in [5.74, 6) is 0. The Morgan fingerprint density at radius 1 is 0.688 bits per heavy atom. The molecule has 0 aromatic heterocycles. The van der Waals surface area contributed by atoms with Crippen LogP contribution in [-0.2, 0) is 4.74 Å². The highest BCUT2D eigenvalue weighted by atomic mass is 16.5. The van der Waals surface area contributed by atoms with Crippen molar-refractivity contribution in [3.8, 4) is 0 Å². The summed E-state index contributed by atoms with van der Waals surface area (Å²) in [6, 6.07) is 1.65. The van der Waals surface area contributed by atoms with Crippen molar-refractivity contribution in [1.29, 1.82) is 0 Å². The molecule has 2 heterocycles. The Labute approximate surface area is 98.7 Å². The molecule has 0 radical (unpaired) electrons. The summed E-state index contributed by atoms with van der Waals surface area (Å²) < 4.78 is 5.28. The molecule has 3 aliphatic rings. The fraction of sp³-hybridized carbons (Fsp3) is 1.00. The molecule has 3 heteroatoms. The van der Waals surface area contributed by atoms with E-state index < -0.39 is 0 Å². The molecule has 2 saturated heterocycles. The lowest BCUT2D eigenvalue weighted by Gasteiger charge is -2.45. The van der Waals surface area contributed by atoms with Gasteiger partial charge in [0.2, 0.25) is 0 Å². The molecule has 0 aromatic carbocycles. The van der Waals surface area contributed by atoms with E-state index in [1.165, 1.54) is 58.3 Å². The molecule has 0 amide bonds. The molecule has 92 valence electrons.